The summed E-state index contributed by atoms with van der Waals surface area (Å²) < 4.78 is 5.37. The second kappa shape index (κ2) is 5.44. The first-order chi connectivity index (χ1) is 9.70. The largest absolute Gasteiger partial charge is 0.496 e. The summed E-state index contributed by atoms with van der Waals surface area (Å²) in [5.41, 5.74) is 1.07. The lowest BCUT2D eigenvalue weighted by molar-refractivity contribution is -0.143. The third-order valence-corrected chi connectivity index (χ3v) is 4.80. The average molecular weight is 275 g/mol. The van der Waals surface area contributed by atoms with E-state index in [4.69, 9.17) is 4.74 Å². The van der Waals surface area contributed by atoms with E-state index in [1.807, 2.05) is 24.3 Å². The topological polar surface area (TPSA) is 49.8 Å². The van der Waals surface area contributed by atoms with E-state index >= 15 is 0 Å². The molecule has 4 nitrogen and oxygen atoms in total. The second-order valence-corrected chi connectivity index (χ2v) is 5.88. The van der Waals surface area contributed by atoms with Gasteiger partial charge in [0.1, 0.15) is 11.8 Å². The van der Waals surface area contributed by atoms with Gasteiger partial charge in [-0.1, -0.05) is 24.6 Å². The van der Waals surface area contributed by atoms with Crippen molar-refractivity contribution in [3.05, 3.63) is 29.8 Å². The molecule has 1 aliphatic heterocycles. The predicted molar refractivity (Wildman–Crippen MR) is 75.7 cm³/mol. The summed E-state index contributed by atoms with van der Waals surface area (Å²) in [6.07, 6.45) is 3.42. The number of carboxylic acid groups (broad SMARTS) is 1. The van der Waals surface area contributed by atoms with Gasteiger partial charge in [-0.05, 0) is 30.7 Å². The maximum atomic E-state index is 11.6. The molecule has 1 saturated heterocycles. The molecule has 1 saturated carbocycles. The Kier molecular flexibility index (Phi) is 3.66. The number of ether oxygens (including phenoxy) is 1. The van der Waals surface area contributed by atoms with Crippen LogP contribution in [0.5, 0.6) is 5.75 Å². The normalized spacial score (nSPS) is 29.4. The molecule has 20 heavy (non-hydrogen) atoms. The first-order valence-corrected chi connectivity index (χ1v) is 7.29. The van der Waals surface area contributed by atoms with Gasteiger partial charge in [-0.3, -0.25) is 9.69 Å². The van der Waals surface area contributed by atoms with Crippen LogP contribution < -0.4 is 4.74 Å². The molecule has 0 spiro atoms. The maximum Gasteiger partial charge on any atom is 0.321 e. The Morgan fingerprint density at radius 2 is 2.20 bits per heavy atom. The van der Waals surface area contributed by atoms with E-state index in [9.17, 15) is 9.90 Å². The molecule has 4 heteroatoms. The van der Waals surface area contributed by atoms with E-state index in [2.05, 4.69) is 4.90 Å². The van der Waals surface area contributed by atoms with Gasteiger partial charge in [-0.25, -0.2) is 0 Å². The van der Waals surface area contributed by atoms with Gasteiger partial charge in [0.25, 0.3) is 0 Å². The van der Waals surface area contributed by atoms with Crippen molar-refractivity contribution < 1.29 is 14.6 Å². The molecule has 2 fully saturated rings. The Hall–Kier alpha value is -1.55. The summed E-state index contributed by atoms with van der Waals surface area (Å²) in [6.45, 7) is 1.56. The number of likely N-dealkylation sites (tertiary alicyclic amines) is 1. The molecular weight excluding hydrogens is 254 g/mol. The lowest BCUT2D eigenvalue weighted by Crippen LogP contribution is -2.39. The van der Waals surface area contributed by atoms with Crippen LogP contribution in [-0.2, 0) is 11.3 Å². The minimum absolute atomic E-state index is 0.326. The van der Waals surface area contributed by atoms with Crippen molar-refractivity contribution in [1.82, 2.24) is 4.90 Å². The van der Waals surface area contributed by atoms with Crippen LogP contribution in [0.25, 0.3) is 0 Å². The summed E-state index contributed by atoms with van der Waals surface area (Å²) in [6, 6.07) is 7.54. The predicted octanol–water partition coefficient (Wildman–Crippen LogP) is 2.38. The van der Waals surface area contributed by atoms with Crippen molar-refractivity contribution >= 4 is 5.97 Å². The van der Waals surface area contributed by atoms with E-state index in [0.717, 1.165) is 24.3 Å². The molecule has 3 unspecified atom stereocenters. The Morgan fingerprint density at radius 1 is 1.40 bits per heavy atom. The number of para-hydroxylation sites is 1. The summed E-state index contributed by atoms with van der Waals surface area (Å²) in [5, 5.41) is 9.56. The highest BCUT2D eigenvalue weighted by Gasteiger charge is 2.47. The lowest BCUT2D eigenvalue weighted by atomic mass is 9.94. The minimum Gasteiger partial charge on any atom is -0.496 e. The number of hydrogen-bond donors (Lipinski definition) is 1. The van der Waals surface area contributed by atoms with Crippen molar-refractivity contribution in [3.63, 3.8) is 0 Å². The van der Waals surface area contributed by atoms with Gasteiger partial charge in [-0.15, -0.1) is 0 Å². The quantitative estimate of drug-likeness (QED) is 0.916. The van der Waals surface area contributed by atoms with Gasteiger partial charge in [-0.2, -0.15) is 0 Å². The summed E-state index contributed by atoms with van der Waals surface area (Å²) >= 11 is 0. The molecule has 0 radical (unpaired) electrons. The molecule has 1 heterocycles. The van der Waals surface area contributed by atoms with Crippen molar-refractivity contribution in [2.45, 2.75) is 31.8 Å². The van der Waals surface area contributed by atoms with Crippen molar-refractivity contribution in [1.29, 1.82) is 0 Å². The molecule has 108 valence electrons. The molecule has 1 aromatic rings. The Labute approximate surface area is 119 Å². The summed E-state index contributed by atoms with van der Waals surface area (Å²) in [4.78, 5) is 13.7. The van der Waals surface area contributed by atoms with Crippen LogP contribution in [0.15, 0.2) is 24.3 Å². The van der Waals surface area contributed by atoms with Crippen LogP contribution in [0, 0.1) is 11.8 Å². The Bertz CT molecular complexity index is 502. The second-order valence-electron chi connectivity index (χ2n) is 5.88. The van der Waals surface area contributed by atoms with Gasteiger partial charge in [0, 0.05) is 18.7 Å². The van der Waals surface area contributed by atoms with E-state index in [0.29, 0.717) is 18.4 Å². The molecule has 1 N–H and O–H groups in total. The summed E-state index contributed by atoms with van der Waals surface area (Å²) in [7, 11) is 1.66. The van der Waals surface area contributed by atoms with Gasteiger partial charge < -0.3 is 9.84 Å². The van der Waals surface area contributed by atoms with Gasteiger partial charge in [0.2, 0.25) is 0 Å². The number of carboxylic acids is 1. The van der Waals surface area contributed by atoms with E-state index < -0.39 is 5.97 Å². The van der Waals surface area contributed by atoms with Crippen LogP contribution in [0.2, 0.25) is 0 Å². The smallest absolute Gasteiger partial charge is 0.321 e. The number of rotatable bonds is 4. The number of fused-ring (bicyclic) bond motifs is 1. The van der Waals surface area contributed by atoms with Crippen LogP contribution in [0.4, 0.5) is 0 Å². The number of benzene rings is 1. The molecule has 2 aliphatic rings. The molecule has 0 bridgehead atoms. The van der Waals surface area contributed by atoms with Crippen LogP contribution in [0.1, 0.15) is 24.8 Å². The zero-order chi connectivity index (χ0) is 14.1. The molecule has 3 atom stereocenters. The van der Waals surface area contributed by atoms with E-state index in [1.165, 1.54) is 12.8 Å². The molecule has 0 aromatic heterocycles. The first kappa shape index (κ1) is 13.4. The van der Waals surface area contributed by atoms with Crippen LogP contribution in [0.3, 0.4) is 0 Å². The molecule has 0 amide bonds. The first-order valence-electron chi connectivity index (χ1n) is 7.29. The fourth-order valence-corrected chi connectivity index (χ4v) is 3.95. The maximum absolute atomic E-state index is 11.6. The van der Waals surface area contributed by atoms with Gasteiger partial charge in [0.15, 0.2) is 0 Å². The average Bonchev–Trinajstić information content (AvgIpc) is 2.99. The van der Waals surface area contributed by atoms with Gasteiger partial charge in [0.05, 0.1) is 7.11 Å². The molecular formula is C16H21NO3. The van der Waals surface area contributed by atoms with Crippen LogP contribution >= 0.6 is 0 Å². The third-order valence-electron chi connectivity index (χ3n) is 4.80. The highest BCUT2D eigenvalue weighted by molar-refractivity contribution is 5.74. The number of carbonyl (C=O) groups is 1. The zero-order valence-electron chi connectivity index (χ0n) is 11.8. The SMILES string of the molecule is COc1ccccc1CN1CC2CCCC2C1C(=O)O. The van der Waals surface area contributed by atoms with Crippen molar-refractivity contribution in [2.24, 2.45) is 11.8 Å². The van der Waals surface area contributed by atoms with Gasteiger partial charge >= 0.3 is 5.97 Å². The third kappa shape index (κ3) is 2.29. The fraction of sp³-hybridized carbons (Fsp3) is 0.562. The Morgan fingerprint density at radius 3 is 2.95 bits per heavy atom. The lowest BCUT2D eigenvalue weighted by Gasteiger charge is -2.24. The van der Waals surface area contributed by atoms with Crippen molar-refractivity contribution in [3.8, 4) is 5.75 Å². The van der Waals surface area contributed by atoms with E-state index in [1.54, 1.807) is 7.11 Å². The molecule has 1 aliphatic carbocycles. The number of hydrogen-bond acceptors (Lipinski definition) is 3. The minimum atomic E-state index is -0.672. The number of nitrogens with zero attached hydrogens (tertiary/aromatic N) is 1. The Balaban J connectivity index is 1.81. The van der Waals surface area contributed by atoms with Crippen LogP contribution in [-0.4, -0.2) is 35.7 Å². The standard InChI is InChI=1S/C16H21NO3/c1-20-14-8-3-2-5-12(14)10-17-9-11-6-4-7-13(11)15(17)16(18)19/h2-3,5,8,11,13,15H,4,6-7,9-10H2,1H3,(H,18,19). The number of methoxy groups -OCH3 is 1. The highest BCUT2D eigenvalue weighted by Crippen LogP contribution is 2.43. The molecule has 3 rings (SSSR count). The summed E-state index contributed by atoms with van der Waals surface area (Å²) in [5.74, 6) is 1.07. The highest BCUT2D eigenvalue weighted by atomic mass is 16.5. The van der Waals surface area contributed by atoms with E-state index in [-0.39, 0.29) is 6.04 Å². The fourth-order valence-electron chi connectivity index (χ4n) is 3.95. The zero-order valence-corrected chi connectivity index (χ0v) is 11.8. The van der Waals surface area contributed by atoms with Crippen molar-refractivity contribution in [2.75, 3.05) is 13.7 Å². The molecule has 1 aromatic carbocycles. The number of aliphatic carboxylic acids is 1. The monoisotopic (exact) mass is 275 g/mol.